The molecule has 0 spiro atoms. The summed E-state index contributed by atoms with van der Waals surface area (Å²) in [5.41, 5.74) is 6.96. The van der Waals surface area contributed by atoms with Gasteiger partial charge in [-0.3, -0.25) is 4.90 Å². The number of nitrogens with zero attached hydrogens (tertiary/aromatic N) is 1. The maximum atomic E-state index is 6.29. The third kappa shape index (κ3) is 4.62. The van der Waals surface area contributed by atoms with Crippen LogP contribution in [-0.4, -0.2) is 37.7 Å². The van der Waals surface area contributed by atoms with E-state index < -0.39 is 0 Å². The van der Waals surface area contributed by atoms with Gasteiger partial charge in [0.15, 0.2) is 0 Å². The standard InChI is InChI=1S/C14H22Cl2N2O/c1-10(2)18(6-7-19-3)14(9-17)12-5-4-11(15)8-13(12)16/h4-5,8,10,14H,6-7,9,17H2,1-3H3. The second-order valence-electron chi connectivity index (χ2n) is 4.74. The van der Waals surface area contributed by atoms with E-state index in [-0.39, 0.29) is 6.04 Å². The average molecular weight is 305 g/mol. The van der Waals surface area contributed by atoms with Gasteiger partial charge in [-0.1, -0.05) is 29.3 Å². The Kier molecular flexibility index (Phi) is 7.11. The van der Waals surface area contributed by atoms with Crippen molar-refractivity contribution in [3.8, 4) is 0 Å². The molecule has 1 unspecified atom stereocenters. The quantitative estimate of drug-likeness (QED) is 0.839. The van der Waals surface area contributed by atoms with Crippen LogP contribution in [0.5, 0.6) is 0 Å². The number of halogens is 2. The summed E-state index contributed by atoms with van der Waals surface area (Å²) >= 11 is 12.2. The highest BCUT2D eigenvalue weighted by atomic mass is 35.5. The van der Waals surface area contributed by atoms with E-state index in [9.17, 15) is 0 Å². The minimum absolute atomic E-state index is 0.0694. The highest BCUT2D eigenvalue weighted by Crippen LogP contribution is 2.30. The third-order valence-electron chi connectivity index (χ3n) is 3.16. The predicted molar refractivity (Wildman–Crippen MR) is 82.0 cm³/mol. The molecule has 0 amide bonds. The van der Waals surface area contributed by atoms with E-state index >= 15 is 0 Å². The van der Waals surface area contributed by atoms with Crippen molar-refractivity contribution >= 4 is 23.2 Å². The number of ether oxygens (including phenoxy) is 1. The van der Waals surface area contributed by atoms with Crippen molar-refractivity contribution in [2.75, 3.05) is 26.8 Å². The topological polar surface area (TPSA) is 38.5 Å². The largest absolute Gasteiger partial charge is 0.383 e. The third-order valence-corrected chi connectivity index (χ3v) is 3.72. The van der Waals surface area contributed by atoms with Crippen LogP contribution in [0.2, 0.25) is 10.0 Å². The van der Waals surface area contributed by atoms with Crippen molar-refractivity contribution < 1.29 is 4.74 Å². The van der Waals surface area contributed by atoms with E-state index in [2.05, 4.69) is 18.7 Å². The molecule has 5 heteroatoms. The Hall–Kier alpha value is -0.320. The fraction of sp³-hybridized carbons (Fsp3) is 0.571. The smallest absolute Gasteiger partial charge is 0.0590 e. The number of rotatable bonds is 7. The summed E-state index contributed by atoms with van der Waals surface area (Å²) in [5.74, 6) is 0. The van der Waals surface area contributed by atoms with Gasteiger partial charge in [-0.05, 0) is 31.5 Å². The molecule has 0 saturated carbocycles. The molecule has 0 radical (unpaired) electrons. The highest BCUT2D eigenvalue weighted by molar-refractivity contribution is 6.35. The first-order valence-corrected chi connectivity index (χ1v) is 7.16. The Morgan fingerprint density at radius 3 is 2.47 bits per heavy atom. The maximum absolute atomic E-state index is 6.29. The molecule has 1 aromatic rings. The monoisotopic (exact) mass is 304 g/mol. The summed E-state index contributed by atoms with van der Waals surface area (Å²) in [6, 6.07) is 5.98. The summed E-state index contributed by atoms with van der Waals surface area (Å²) in [6.45, 7) is 6.27. The molecule has 19 heavy (non-hydrogen) atoms. The Morgan fingerprint density at radius 1 is 1.32 bits per heavy atom. The fourth-order valence-electron chi connectivity index (χ4n) is 2.18. The zero-order chi connectivity index (χ0) is 14.4. The van der Waals surface area contributed by atoms with Crippen molar-refractivity contribution in [1.29, 1.82) is 0 Å². The molecular weight excluding hydrogens is 283 g/mol. The summed E-state index contributed by atoms with van der Waals surface area (Å²) in [6.07, 6.45) is 0. The lowest BCUT2D eigenvalue weighted by Gasteiger charge is -2.34. The minimum atomic E-state index is 0.0694. The van der Waals surface area contributed by atoms with Gasteiger partial charge < -0.3 is 10.5 Å². The van der Waals surface area contributed by atoms with Crippen molar-refractivity contribution in [2.45, 2.75) is 25.9 Å². The number of methoxy groups -OCH3 is 1. The Balaban J connectivity index is 3.01. The zero-order valence-corrected chi connectivity index (χ0v) is 13.2. The summed E-state index contributed by atoms with van der Waals surface area (Å²) in [4.78, 5) is 2.29. The van der Waals surface area contributed by atoms with E-state index in [0.717, 1.165) is 12.1 Å². The first-order valence-electron chi connectivity index (χ1n) is 6.41. The SMILES string of the molecule is COCCN(C(C)C)C(CN)c1ccc(Cl)cc1Cl. The first kappa shape index (κ1) is 16.7. The Morgan fingerprint density at radius 2 is 2.00 bits per heavy atom. The number of nitrogens with two attached hydrogens (primary N) is 1. The molecule has 3 nitrogen and oxygen atoms in total. The van der Waals surface area contributed by atoms with E-state index in [4.69, 9.17) is 33.7 Å². The van der Waals surface area contributed by atoms with E-state index in [1.807, 2.05) is 12.1 Å². The molecule has 108 valence electrons. The Labute approximate surface area is 125 Å². The van der Waals surface area contributed by atoms with Crippen LogP contribution in [0.1, 0.15) is 25.5 Å². The molecule has 0 aliphatic heterocycles. The molecular formula is C14H22Cl2N2O. The molecule has 0 bridgehead atoms. The summed E-state index contributed by atoms with van der Waals surface area (Å²) in [7, 11) is 1.70. The van der Waals surface area contributed by atoms with Crippen molar-refractivity contribution in [2.24, 2.45) is 5.73 Å². The van der Waals surface area contributed by atoms with Crippen molar-refractivity contribution in [3.63, 3.8) is 0 Å². The van der Waals surface area contributed by atoms with E-state index in [1.165, 1.54) is 0 Å². The molecule has 0 aliphatic rings. The molecule has 0 fully saturated rings. The molecule has 0 saturated heterocycles. The zero-order valence-electron chi connectivity index (χ0n) is 11.7. The summed E-state index contributed by atoms with van der Waals surface area (Å²) < 4.78 is 5.17. The average Bonchev–Trinajstić information content (AvgIpc) is 2.35. The summed E-state index contributed by atoms with van der Waals surface area (Å²) in [5, 5.41) is 1.29. The van der Waals surface area contributed by atoms with E-state index in [1.54, 1.807) is 13.2 Å². The van der Waals surface area contributed by atoms with Gasteiger partial charge in [-0.15, -0.1) is 0 Å². The van der Waals surface area contributed by atoms with Crippen LogP contribution in [0.25, 0.3) is 0 Å². The lowest BCUT2D eigenvalue weighted by atomic mass is 10.0. The van der Waals surface area contributed by atoms with Gasteiger partial charge >= 0.3 is 0 Å². The normalized spacial score (nSPS) is 13.3. The van der Waals surface area contributed by atoms with Crippen LogP contribution in [-0.2, 0) is 4.74 Å². The lowest BCUT2D eigenvalue weighted by molar-refractivity contribution is 0.0980. The molecule has 1 rings (SSSR count). The van der Waals surface area contributed by atoms with Crippen LogP contribution in [0.3, 0.4) is 0 Å². The van der Waals surface area contributed by atoms with Gasteiger partial charge in [0.1, 0.15) is 0 Å². The van der Waals surface area contributed by atoms with Crippen LogP contribution in [0.15, 0.2) is 18.2 Å². The van der Waals surface area contributed by atoms with Crippen LogP contribution in [0.4, 0.5) is 0 Å². The van der Waals surface area contributed by atoms with Gasteiger partial charge in [-0.2, -0.15) is 0 Å². The molecule has 0 aliphatic carbocycles. The number of benzene rings is 1. The van der Waals surface area contributed by atoms with Crippen molar-refractivity contribution in [1.82, 2.24) is 4.90 Å². The minimum Gasteiger partial charge on any atom is -0.383 e. The molecule has 1 aromatic carbocycles. The molecule has 0 aromatic heterocycles. The Bertz CT molecular complexity index is 399. The number of hydrogen-bond acceptors (Lipinski definition) is 3. The number of hydrogen-bond donors (Lipinski definition) is 1. The fourth-order valence-corrected chi connectivity index (χ4v) is 2.72. The van der Waals surface area contributed by atoms with Gasteiger partial charge in [0.05, 0.1) is 6.61 Å². The first-order chi connectivity index (χ1) is 9.01. The molecule has 0 heterocycles. The van der Waals surface area contributed by atoms with Gasteiger partial charge in [0.25, 0.3) is 0 Å². The lowest BCUT2D eigenvalue weighted by Crippen LogP contribution is -2.40. The van der Waals surface area contributed by atoms with Gasteiger partial charge in [0.2, 0.25) is 0 Å². The second kappa shape index (κ2) is 8.08. The predicted octanol–water partition coefficient (Wildman–Crippen LogP) is 3.35. The maximum Gasteiger partial charge on any atom is 0.0590 e. The molecule has 1 atom stereocenters. The van der Waals surface area contributed by atoms with Crippen LogP contribution >= 0.6 is 23.2 Å². The second-order valence-corrected chi connectivity index (χ2v) is 5.59. The van der Waals surface area contributed by atoms with Crippen LogP contribution in [0, 0.1) is 0 Å². The van der Waals surface area contributed by atoms with E-state index in [0.29, 0.717) is 29.2 Å². The molecule has 2 N–H and O–H groups in total. The highest BCUT2D eigenvalue weighted by Gasteiger charge is 2.23. The van der Waals surface area contributed by atoms with Crippen molar-refractivity contribution in [3.05, 3.63) is 33.8 Å². The van der Waals surface area contributed by atoms with Gasteiger partial charge in [-0.25, -0.2) is 0 Å². The van der Waals surface area contributed by atoms with Gasteiger partial charge in [0, 0.05) is 42.3 Å². The van der Waals surface area contributed by atoms with Crippen LogP contribution < -0.4 is 5.73 Å².